The van der Waals surface area contributed by atoms with Crippen LogP contribution in [0.4, 0.5) is 11.5 Å². The zero-order valence-corrected chi connectivity index (χ0v) is 9.81. The number of rotatable bonds is 5. The Hall–Kier alpha value is -1.44. The molecule has 0 aliphatic carbocycles. The van der Waals surface area contributed by atoms with E-state index < -0.39 is 23.7 Å². The minimum absolute atomic E-state index is 0.0799. The second kappa shape index (κ2) is 5.26. The van der Waals surface area contributed by atoms with Gasteiger partial charge in [-0.05, 0) is 13.0 Å². The molecule has 0 aliphatic rings. The van der Waals surface area contributed by atoms with E-state index in [0.29, 0.717) is 0 Å². The highest BCUT2D eigenvalue weighted by atomic mass is 35.5. The highest BCUT2D eigenvalue weighted by Crippen LogP contribution is 2.26. The average molecular weight is 262 g/mol. The van der Waals surface area contributed by atoms with Crippen LogP contribution in [-0.4, -0.2) is 38.9 Å². The molecule has 0 fully saturated rings. The van der Waals surface area contributed by atoms with Crippen molar-refractivity contribution in [3.63, 3.8) is 0 Å². The van der Waals surface area contributed by atoms with Crippen LogP contribution in [0.5, 0.6) is 0 Å². The summed E-state index contributed by atoms with van der Waals surface area (Å²) in [6, 6.07) is 2.49. The lowest BCUT2D eigenvalue weighted by Crippen LogP contribution is -2.43. The van der Waals surface area contributed by atoms with Crippen molar-refractivity contribution in [1.82, 2.24) is 4.98 Å². The number of hydrogen-bond donors (Lipinski definition) is 3. The lowest BCUT2D eigenvalue weighted by atomic mass is 10.1. The SMILES string of the molecule is CC(CO)(CO)Nc1nc(Cl)ccc1[N+](=O)[O-]. The Labute approximate surface area is 102 Å². The molecule has 0 bridgehead atoms. The van der Waals surface area contributed by atoms with Gasteiger partial charge < -0.3 is 15.5 Å². The zero-order valence-electron chi connectivity index (χ0n) is 9.05. The number of anilines is 1. The van der Waals surface area contributed by atoms with Crippen LogP contribution in [0.2, 0.25) is 5.15 Å². The minimum atomic E-state index is -1.11. The van der Waals surface area contributed by atoms with Gasteiger partial charge in [-0.1, -0.05) is 11.6 Å². The van der Waals surface area contributed by atoms with E-state index in [1.807, 2.05) is 0 Å². The number of hydrogen-bond acceptors (Lipinski definition) is 6. The van der Waals surface area contributed by atoms with Crippen LogP contribution in [-0.2, 0) is 0 Å². The Morgan fingerprint density at radius 1 is 1.53 bits per heavy atom. The molecule has 8 heteroatoms. The summed E-state index contributed by atoms with van der Waals surface area (Å²) in [5.41, 5.74) is -1.38. The van der Waals surface area contributed by atoms with Crippen LogP contribution in [0, 0.1) is 10.1 Å². The fourth-order valence-electron chi connectivity index (χ4n) is 1.08. The summed E-state index contributed by atoms with van der Waals surface area (Å²) in [5.74, 6) is -0.0897. The predicted molar refractivity (Wildman–Crippen MR) is 62.1 cm³/mol. The van der Waals surface area contributed by atoms with Crippen molar-refractivity contribution in [3.05, 3.63) is 27.4 Å². The van der Waals surface area contributed by atoms with E-state index in [2.05, 4.69) is 10.3 Å². The fraction of sp³-hybridized carbons (Fsp3) is 0.444. The average Bonchev–Trinajstić information content (AvgIpc) is 2.28. The van der Waals surface area contributed by atoms with Crippen molar-refractivity contribution in [2.24, 2.45) is 0 Å². The molecule has 1 aromatic rings. The third-order valence-corrected chi connectivity index (χ3v) is 2.37. The number of nitrogens with one attached hydrogen (secondary N) is 1. The molecule has 0 saturated heterocycles. The maximum Gasteiger partial charge on any atom is 0.311 e. The summed E-state index contributed by atoms with van der Waals surface area (Å²) >= 11 is 5.64. The van der Waals surface area contributed by atoms with Gasteiger partial charge in [0.1, 0.15) is 5.15 Å². The number of nitrogens with zero attached hydrogens (tertiary/aromatic N) is 2. The molecule has 0 radical (unpaired) electrons. The first-order valence-electron chi connectivity index (χ1n) is 4.73. The summed E-state index contributed by atoms with van der Waals surface area (Å²) in [5, 5.41) is 31.6. The Bertz CT molecular complexity index is 423. The summed E-state index contributed by atoms with van der Waals surface area (Å²) in [7, 11) is 0. The molecule has 0 saturated carbocycles. The van der Waals surface area contributed by atoms with E-state index in [9.17, 15) is 10.1 Å². The van der Waals surface area contributed by atoms with Gasteiger partial charge in [0.2, 0.25) is 5.82 Å². The van der Waals surface area contributed by atoms with Gasteiger partial charge in [0, 0.05) is 6.07 Å². The predicted octanol–water partition coefficient (Wildman–Crippen LogP) is 0.798. The van der Waals surface area contributed by atoms with Gasteiger partial charge in [-0.15, -0.1) is 0 Å². The minimum Gasteiger partial charge on any atom is -0.394 e. The van der Waals surface area contributed by atoms with Crippen LogP contribution >= 0.6 is 11.6 Å². The molecule has 1 rings (SSSR count). The summed E-state index contributed by atoms with van der Waals surface area (Å²) in [4.78, 5) is 13.9. The Morgan fingerprint density at radius 2 is 2.12 bits per heavy atom. The second-order valence-electron chi connectivity index (χ2n) is 3.76. The first-order valence-corrected chi connectivity index (χ1v) is 5.10. The second-order valence-corrected chi connectivity index (χ2v) is 4.15. The molecule has 0 atom stereocenters. The van der Waals surface area contributed by atoms with Crippen molar-refractivity contribution in [1.29, 1.82) is 0 Å². The number of aromatic nitrogens is 1. The molecule has 94 valence electrons. The van der Waals surface area contributed by atoms with E-state index in [4.69, 9.17) is 21.8 Å². The molecule has 17 heavy (non-hydrogen) atoms. The third kappa shape index (κ3) is 3.26. The Balaban J connectivity index is 3.12. The normalized spacial score (nSPS) is 11.3. The molecule has 7 nitrogen and oxygen atoms in total. The van der Waals surface area contributed by atoms with Crippen molar-refractivity contribution in [2.75, 3.05) is 18.5 Å². The van der Waals surface area contributed by atoms with E-state index >= 15 is 0 Å². The van der Waals surface area contributed by atoms with Crippen LogP contribution in [0.15, 0.2) is 12.1 Å². The van der Waals surface area contributed by atoms with Gasteiger partial charge >= 0.3 is 5.69 Å². The molecule has 0 spiro atoms. The van der Waals surface area contributed by atoms with Crippen molar-refractivity contribution in [2.45, 2.75) is 12.5 Å². The highest BCUT2D eigenvalue weighted by molar-refractivity contribution is 6.29. The molecular weight excluding hydrogens is 250 g/mol. The number of halogens is 1. The number of nitro groups is 1. The number of aliphatic hydroxyl groups excluding tert-OH is 2. The van der Waals surface area contributed by atoms with Crippen LogP contribution in [0.3, 0.4) is 0 Å². The van der Waals surface area contributed by atoms with E-state index in [1.165, 1.54) is 19.1 Å². The molecule has 3 N–H and O–H groups in total. The lowest BCUT2D eigenvalue weighted by molar-refractivity contribution is -0.384. The summed E-state index contributed by atoms with van der Waals surface area (Å²) < 4.78 is 0. The lowest BCUT2D eigenvalue weighted by Gasteiger charge is -2.26. The standard InChI is InChI=1S/C9H12ClN3O4/c1-9(4-14,5-15)12-8-6(13(16)17)2-3-7(10)11-8/h2-3,14-15H,4-5H2,1H3,(H,11,12). The topological polar surface area (TPSA) is 109 Å². The highest BCUT2D eigenvalue weighted by Gasteiger charge is 2.27. The van der Waals surface area contributed by atoms with Gasteiger partial charge in [0.25, 0.3) is 0 Å². The zero-order chi connectivity index (χ0) is 13.1. The smallest absolute Gasteiger partial charge is 0.311 e. The maximum atomic E-state index is 10.8. The van der Waals surface area contributed by atoms with Crippen LogP contribution in [0.25, 0.3) is 0 Å². The monoisotopic (exact) mass is 261 g/mol. The number of aliphatic hydroxyl groups is 2. The fourth-order valence-corrected chi connectivity index (χ4v) is 1.23. The van der Waals surface area contributed by atoms with Crippen molar-refractivity contribution >= 4 is 23.1 Å². The first-order chi connectivity index (χ1) is 7.91. The molecule has 0 amide bonds. The van der Waals surface area contributed by atoms with E-state index in [-0.39, 0.29) is 16.7 Å². The van der Waals surface area contributed by atoms with Gasteiger partial charge in [-0.2, -0.15) is 0 Å². The van der Waals surface area contributed by atoms with Crippen LogP contribution < -0.4 is 5.32 Å². The van der Waals surface area contributed by atoms with Gasteiger partial charge in [0.05, 0.1) is 23.7 Å². The van der Waals surface area contributed by atoms with Crippen LogP contribution in [0.1, 0.15) is 6.92 Å². The van der Waals surface area contributed by atoms with Crippen molar-refractivity contribution < 1.29 is 15.1 Å². The Morgan fingerprint density at radius 3 is 2.59 bits per heavy atom. The molecule has 1 aromatic heterocycles. The van der Waals surface area contributed by atoms with Gasteiger partial charge in [0.15, 0.2) is 0 Å². The molecule has 1 heterocycles. The molecular formula is C9H12ClN3O4. The Kier molecular flexibility index (Phi) is 4.22. The number of pyridine rings is 1. The van der Waals surface area contributed by atoms with E-state index in [0.717, 1.165) is 0 Å². The van der Waals surface area contributed by atoms with E-state index in [1.54, 1.807) is 0 Å². The first kappa shape index (κ1) is 13.6. The molecule has 0 aliphatic heterocycles. The van der Waals surface area contributed by atoms with Gasteiger partial charge in [-0.3, -0.25) is 10.1 Å². The summed E-state index contributed by atoms with van der Waals surface area (Å²) in [6.45, 7) is 0.684. The van der Waals surface area contributed by atoms with Crippen molar-refractivity contribution in [3.8, 4) is 0 Å². The molecule has 0 aromatic carbocycles. The third-order valence-electron chi connectivity index (χ3n) is 2.15. The maximum absolute atomic E-state index is 10.8. The van der Waals surface area contributed by atoms with Gasteiger partial charge in [-0.25, -0.2) is 4.98 Å². The molecule has 0 unspecified atom stereocenters. The quantitative estimate of drug-likeness (QED) is 0.411. The summed E-state index contributed by atoms with van der Waals surface area (Å²) in [6.07, 6.45) is 0. The largest absolute Gasteiger partial charge is 0.394 e.